The zero-order valence-corrected chi connectivity index (χ0v) is 7.23. The second-order valence-corrected chi connectivity index (χ2v) is 2.60. The number of hydrogen-bond donors (Lipinski definition) is 1. The molecule has 0 spiro atoms. The van der Waals surface area contributed by atoms with Gasteiger partial charge in [0.05, 0.1) is 0 Å². The summed E-state index contributed by atoms with van der Waals surface area (Å²) in [4.78, 5) is 0. The van der Waals surface area contributed by atoms with E-state index in [1.807, 2.05) is 6.92 Å². The molecule has 0 aliphatic carbocycles. The van der Waals surface area contributed by atoms with Gasteiger partial charge in [0.15, 0.2) is 6.29 Å². The molecule has 1 N–H and O–H groups in total. The van der Waals surface area contributed by atoms with E-state index in [-0.39, 0.29) is 0 Å². The third kappa shape index (κ3) is 6.28. The molecule has 0 radical (unpaired) electrons. The van der Waals surface area contributed by atoms with Crippen molar-refractivity contribution in [1.29, 1.82) is 0 Å². The van der Waals surface area contributed by atoms with Gasteiger partial charge in [-0.3, -0.25) is 0 Å². The normalized spacial score (nSPS) is 13.7. The van der Waals surface area contributed by atoms with Crippen molar-refractivity contribution in [2.75, 3.05) is 11.9 Å². The van der Waals surface area contributed by atoms with Crippen LogP contribution in [0.2, 0.25) is 0 Å². The van der Waals surface area contributed by atoms with Crippen LogP contribution in [0.1, 0.15) is 19.8 Å². The van der Waals surface area contributed by atoms with Gasteiger partial charge >= 0.3 is 0 Å². The van der Waals surface area contributed by atoms with E-state index in [9.17, 15) is 0 Å². The van der Waals surface area contributed by atoms with Crippen molar-refractivity contribution < 1.29 is 9.84 Å². The van der Waals surface area contributed by atoms with Crippen LogP contribution in [0, 0.1) is 0 Å². The average molecular weight is 197 g/mol. The maximum absolute atomic E-state index is 8.93. The molecule has 9 heavy (non-hydrogen) atoms. The Hall–Kier alpha value is 0.400. The zero-order valence-electron chi connectivity index (χ0n) is 5.64. The zero-order chi connectivity index (χ0) is 7.11. The van der Waals surface area contributed by atoms with Crippen molar-refractivity contribution in [3.8, 4) is 0 Å². The Morgan fingerprint density at radius 2 is 2.33 bits per heavy atom. The number of hydrogen-bond acceptors (Lipinski definition) is 2. The molecular formula is C6H13BrO2. The Morgan fingerprint density at radius 1 is 1.67 bits per heavy atom. The number of ether oxygens (including phenoxy) is 1. The second-order valence-electron chi connectivity index (χ2n) is 1.80. The molecule has 0 heterocycles. The highest BCUT2D eigenvalue weighted by Crippen LogP contribution is 1.97. The molecular weight excluding hydrogens is 184 g/mol. The smallest absolute Gasteiger partial charge is 0.155 e. The minimum absolute atomic E-state index is 0.579. The Morgan fingerprint density at radius 3 is 2.78 bits per heavy atom. The highest BCUT2D eigenvalue weighted by Gasteiger charge is 1.99. The predicted octanol–water partition coefficient (Wildman–Crippen LogP) is 1.52. The van der Waals surface area contributed by atoms with Crippen molar-refractivity contribution in [2.24, 2.45) is 0 Å². The maximum Gasteiger partial charge on any atom is 0.155 e. The quantitative estimate of drug-likeness (QED) is 0.534. The summed E-state index contributed by atoms with van der Waals surface area (Å²) in [5.74, 6) is 0. The summed E-state index contributed by atoms with van der Waals surface area (Å²) in [5.41, 5.74) is 0. The fourth-order valence-electron chi connectivity index (χ4n) is 0.431. The third-order valence-corrected chi connectivity index (χ3v) is 1.33. The summed E-state index contributed by atoms with van der Waals surface area (Å²) in [6.07, 6.45) is 1.05. The lowest BCUT2D eigenvalue weighted by Gasteiger charge is -2.07. The number of aliphatic hydroxyl groups excluding tert-OH is 1. The van der Waals surface area contributed by atoms with Gasteiger partial charge in [0, 0.05) is 18.4 Å². The van der Waals surface area contributed by atoms with E-state index >= 15 is 0 Å². The molecule has 0 aromatic carbocycles. The van der Waals surface area contributed by atoms with Crippen LogP contribution in [-0.2, 0) is 4.74 Å². The molecule has 0 aliphatic heterocycles. The fraction of sp³-hybridized carbons (Fsp3) is 1.00. The van der Waals surface area contributed by atoms with E-state index in [2.05, 4.69) is 15.9 Å². The SMILES string of the molecule is CCCOC(O)CCBr. The first-order valence-electron chi connectivity index (χ1n) is 3.17. The fourth-order valence-corrected chi connectivity index (χ4v) is 0.822. The first kappa shape index (κ1) is 9.40. The third-order valence-electron chi connectivity index (χ3n) is 0.870. The van der Waals surface area contributed by atoms with Crippen LogP contribution in [0.5, 0.6) is 0 Å². The highest BCUT2D eigenvalue weighted by atomic mass is 79.9. The molecule has 0 fully saturated rings. The van der Waals surface area contributed by atoms with Crippen molar-refractivity contribution in [2.45, 2.75) is 26.1 Å². The van der Waals surface area contributed by atoms with Gasteiger partial charge in [0.25, 0.3) is 0 Å². The Kier molecular flexibility index (Phi) is 6.81. The van der Waals surface area contributed by atoms with Crippen molar-refractivity contribution in [3.63, 3.8) is 0 Å². The molecule has 0 aromatic heterocycles. The number of aliphatic hydroxyl groups is 1. The minimum atomic E-state index is -0.579. The molecule has 0 bridgehead atoms. The first-order chi connectivity index (χ1) is 4.31. The van der Waals surface area contributed by atoms with E-state index in [1.165, 1.54) is 0 Å². The van der Waals surface area contributed by atoms with Crippen LogP contribution in [-0.4, -0.2) is 23.3 Å². The number of rotatable bonds is 5. The molecule has 0 saturated heterocycles. The molecule has 56 valence electrons. The monoisotopic (exact) mass is 196 g/mol. The van der Waals surface area contributed by atoms with Crippen LogP contribution in [0.3, 0.4) is 0 Å². The van der Waals surface area contributed by atoms with Gasteiger partial charge in [-0.25, -0.2) is 0 Å². The van der Waals surface area contributed by atoms with Crippen LogP contribution in [0.25, 0.3) is 0 Å². The summed E-state index contributed by atoms with van der Waals surface area (Å²) >= 11 is 3.20. The summed E-state index contributed by atoms with van der Waals surface area (Å²) < 4.78 is 4.96. The Bertz CT molecular complexity index is 59.0. The van der Waals surface area contributed by atoms with E-state index in [0.717, 1.165) is 11.8 Å². The topological polar surface area (TPSA) is 29.5 Å². The molecule has 3 heteroatoms. The van der Waals surface area contributed by atoms with Crippen LogP contribution >= 0.6 is 15.9 Å². The van der Waals surface area contributed by atoms with Gasteiger partial charge in [0.2, 0.25) is 0 Å². The van der Waals surface area contributed by atoms with Crippen molar-refractivity contribution in [1.82, 2.24) is 0 Å². The van der Waals surface area contributed by atoms with E-state index in [4.69, 9.17) is 9.84 Å². The maximum atomic E-state index is 8.93. The minimum Gasteiger partial charge on any atom is -0.368 e. The van der Waals surface area contributed by atoms with Crippen LogP contribution in [0.4, 0.5) is 0 Å². The lowest BCUT2D eigenvalue weighted by atomic mass is 10.4. The van der Waals surface area contributed by atoms with Gasteiger partial charge in [-0.2, -0.15) is 0 Å². The van der Waals surface area contributed by atoms with E-state index in [0.29, 0.717) is 13.0 Å². The standard InChI is InChI=1S/C6H13BrO2/c1-2-5-9-6(8)3-4-7/h6,8H,2-5H2,1H3. The summed E-state index contributed by atoms with van der Waals surface area (Å²) in [6, 6.07) is 0. The van der Waals surface area contributed by atoms with Crippen LogP contribution < -0.4 is 0 Å². The lowest BCUT2D eigenvalue weighted by Crippen LogP contribution is -2.12. The van der Waals surface area contributed by atoms with Gasteiger partial charge < -0.3 is 9.84 Å². The van der Waals surface area contributed by atoms with Gasteiger partial charge in [-0.15, -0.1) is 0 Å². The van der Waals surface area contributed by atoms with Crippen molar-refractivity contribution in [3.05, 3.63) is 0 Å². The van der Waals surface area contributed by atoms with Crippen LogP contribution in [0.15, 0.2) is 0 Å². The Balaban J connectivity index is 2.95. The highest BCUT2D eigenvalue weighted by molar-refractivity contribution is 9.09. The van der Waals surface area contributed by atoms with Gasteiger partial charge in [-0.1, -0.05) is 22.9 Å². The molecule has 1 unspecified atom stereocenters. The van der Waals surface area contributed by atoms with Gasteiger partial charge in [0.1, 0.15) is 0 Å². The molecule has 1 atom stereocenters. The lowest BCUT2D eigenvalue weighted by molar-refractivity contribution is -0.0987. The summed E-state index contributed by atoms with van der Waals surface area (Å²) in [7, 11) is 0. The molecule has 0 amide bonds. The molecule has 0 rings (SSSR count). The first-order valence-corrected chi connectivity index (χ1v) is 4.29. The summed E-state index contributed by atoms with van der Waals surface area (Å²) in [5, 5.41) is 9.72. The largest absolute Gasteiger partial charge is 0.368 e. The van der Waals surface area contributed by atoms with E-state index in [1.54, 1.807) is 0 Å². The number of alkyl halides is 1. The number of halogens is 1. The summed E-state index contributed by atoms with van der Waals surface area (Å²) in [6.45, 7) is 2.66. The molecule has 0 aromatic rings. The average Bonchev–Trinajstić information content (AvgIpc) is 1.85. The Labute approximate surface area is 64.3 Å². The molecule has 2 nitrogen and oxygen atoms in total. The second kappa shape index (κ2) is 6.52. The molecule has 0 saturated carbocycles. The van der Waals surface area contributed by atoms with Gasteiger partial charge in [-0.05, 0) is 6.42 Å². The molecule has 0 aliphatic rings. The van der Waals surface area contributed by atoms with Crippen molar-refractivity contribution >= 4 is 15.9 Å². The predicted molar refractivity (Wildman–Crippen MR) is 40.7 cm³/mol. The van der Waals surface area contributed by atoms with E-state index < -0.39 is 6.29 Å².